The van der Waals surface area contributed by atoms with Gasteiger partial charge >= 0.3 is 6.18 Å². The van der Waals surface area contributed by atoms with Crippen LogP contribution in [0.5, 0.6) is 0 Å². The van der Waals surface area contributed by atoms with E-state index in [1.807, 2.05) is 6.07 Å². The maximum absolute atomic E-state index is 13.3. The second-order valence-electron chi connectivity index (χ2n) is 7.40. The molecule has 10 heteroatoms. The van der Waals surface area contributed by atoms with E-state index in [0.29, 0.717) is 27.3 Å². The minimum atomic E-state index is -4.35. The smallest absolute Gasteiger partial charge is 0.382 e. The first-order chi connectivity index (χ1) is 13.8. The van der Waals surface area contributed by atoms with E-state index in [1.54, 1.807) is 18.2 Å². The molecule has 3 heterocycles. The average Bonchev–Trinajstić information content (AvgIpc) is 3.28. The SMILES string of the molecule is CN1CCC(Nc2cccc3c2cc(-c2nnc(CN)s2)n3CC(F)(F)F)CC1. The Hall–Kier alpha value is -2.17. The van der Waals surface area contributed by atoms with Crippen molar-refractivity contribution < 1.29 is 13.2 Å². The molecule has 0 spiro atoms. The molecular formula is C19H23F3N6S. The van der Waals surface area contributed by atoms with Crippen LogP contribution in [0.15, 0.2) is 24.3 Å². The Morgan fingerprint density at radius 2 is 2.00 bits per heavy atom. The lowest BCUT2D eigenvalue weighted by atomic mass is 10.0. The van der Waals surface area contributed by atoms with Crippen LogP contribution < -0.4 is 11.1 Å². The molecule has 1 saturated heterocycles. The van der Waals surface area contributed by atoms with Crippen LogP contribution in [0.4, 0.5) is 18.9 Å². The summed E-state index contributed by atoms with van der Waals surface area (Å²) in [6.07, 6.45) is -2.35. The molecule has 0 unspecified atom stereocenters. The fourth-order valence-corrected chi connectivity index (χ4v) is 4.49. The summed E-state index contributed by atoms with van der Waals surface area (Å²) in [6, 6.07) is 7.51. The Morgan fingerprint density at radius 3 is 2.66 bits per heavy atom. The van der Waals surface area contributed by atoms with Crippen molar-refractivity contribution in [2.75, 3.05) is 25.5 Å². The molecule has 3 N–H and O–H groups in total. The van der Waals surface area contributed by atoms with Crippen molar-refractivity contribution in [3.63, 3.8) is 0 Å². The van der Waals surface area contributed by atoms with Crippen LogP contribution in [0.25, 0.3) is 21.6 Å². The average molecular weight is 424 g/mol. The number of alkyl halides is 3. The summed E-state index contributed by atoms with van der Waals surface area (Å²) in [5, 5.41) is 13.4. The number of piperidine rings is 1. The molecule has 3 aromatic rings. The molecule has 0 atom stereocenters. The molecule has 0 bridgehead atoms. The lowest BCUT2D eigenvalue weighted by molar-refractivity contribution is -0.139. The van der Waals surface area contributed by atoms with Crippen LogP contribution in [0.3, 0.4) is 0 Å². The quantitative estimate of drug-likeness (QED) is 0.654. The molecule has 1 aliphatic heterocycles. The number of fused-ring (bicyclic) bond motifs is 1. The van der Waals surface area contributed by atoms with Gasteiger partial charge < -0.3 is 20.5 Å². The van der Waals surface area contributed by atoms with Crippen molar-refractivity contribution in [2.24, 2.45) is 5.73 Å². The van der Waals surface area contributed by atoms with Crippen LogP contribution in [0.1, 0.15) is 17.8 Å². The summed E-state index contributed by atoms with van der Waals surface area (Å²) in [4.78, 5) is 2.28. The standard InChI is InChI=1S/C19H23F3N6S/c1-27-7-5-12(6-8-27)24-14-3-2-4-15-13(14)9-16(28(15)11-19(20,21)22)18-26-25-17(10-23)29-18/h2-4,9,12,24H,5-8,10-11,23H2,1H3. The Kier molecular flexibility index (Phi) is 5.50. The number of rotatable bonds is 5. The molecule has 4 rings (SSSR count). The first kappa shape index (κ1) is 20.1. The van der Waals surface area contributed by atoms with E-state index in [2.05, 4.69) is 27.5 Å². The molecule has 156 valence electrons. The third-order valence-corrected chi connectivity index (χ3v) is 6.19. The number of nitrogens with one attached hydrogen (secondary N) is 1. The summed E-state index contributed by atoms with van der Waals surface area (Å²) in [6.45, 7) is 1.13. The van der Waals surface area contributed by atoms with E-state index in [4.69, 9.17) is 5.73 Å². The maximum atomic E-state index is 13.3. The van der Waals surface area contributed by atoms with Crippen molar-refractivity contribution in [3.8, 4) is 10.7 Å². The first-order valence-electron chi connectivity index (χ1n) is 9.51. The van der Waals surface area contributed by atoms with Gasteiger partial charge in [0.1, 0.15) is 11.6 Å². The van der Waals surface area contributed by atoms with Crippen molar-refractivity contribution in [3.05, 3.63) is 29.3 Å². The van der Waals surface area contributed by atoms with E-state index in [0.717, 1.165) is 37.0 Å². The molecular weight excluding hydrogens is 401 g/mol. The number of nitrogens with zero attached hydrogens (tertiary/aromatic N) is 4. The van der Waals surface area contributed by atoms with E-state index >= 15 is 0 Å². The third-order valence-electron chi connectivity index (χ3n) is 5.22. The second kappa shape index (κ2) is 7.92. The maximum Gasteiger partial charge on any atom is 0.406 e. The molecule has 1 aliphatic rings. The number of likely N-dealkylation sites (tertiary alicyclic amines) is 1. The lowest BCUT2D eigenvalue weighted by Gasteiger charge is -2.30. The van der Waals surface area contributed by atoms with Crippen molar-refractivity contribution in [1.29, 1.82) is 0 Å². The number of aromatic nitrogens is 3. The number of anilines is 1. The molecule has 6 nitrogen and oxygen atoms in total. The highest BCUT2D eigenvalue weighted by molar-refractivity contribution is 7.14. The number of benzene rings is 1. The third kappa shape index (κ3) is 4.39. The molecule has 0 saturated carbocycles. The Bertz CT molecular complexity index is 988. The van der Waals surface area contributed by atoms with Gasteiger partial charge in [0.25, 0.3) is 0 Å². The van der Waals surface area contributed by atoms with Gasteiger partial charge in [-0.25, -0.2) is 0 Å². The fourth-order valence-electron chi connectivity index (χ4n) is 3.75. The topological polar surface area (TPSA) is 72.0 Å². The summed E-state index contributed by atoms with van der Waals surface area (Å²) < 4.78 is 41.3. The van der Waals surface area contributed by atoms with E-state index in [1.165, 1.54) is 15.9 Å². The summed E-state index contributed by atoms with van der Waals surface area (Å²) in [5.74, 6) is 0. The highest BCUT2D eigenvalue weighted by Gasteiger charge is 2.31. The van der Waals surface area contributed by atoms with Crippen LogP contribution in [0.2, 0.25) is 0 Å². The molecule has 2 aromatic heterocycles. The molecule has 0 radical (unpaired) electrons. The highest BCUT2D eigenvalue weighted by atomic mass is 32.1. The summed E-state index contributed by atoms with van der Waals surface area (Å²) >= 11 is 1.22. The predicted molar refractivity (Wildman–Crippen MR) is 109 cm³/mol. The van der Waals surface area contributed by atoms with E-state index < -0.39 is 12.7 Å². The van der Waals surface area contributed by atoms with Crippen LogP contribution in [-0.4, -0.2) is 52.0 Å². The van der Waals surface area contributed by atoms with Gasteiger partial charge in [0.05, 0.1) is 11.2 Å². The van der Waals surface area contributed by atoms with Gasteiger partial charge in [-0.1, -0.05) is 17.4 Å². The zero-order chi connectivity index (χ0) is 20.6. The van der Waals surface area contributed by atoms with Gasteiger partial charge in [0.15, 0.2) is 5.01 Å². The van der Waals surface area contributed by atoms with Crippen molar-refractivity contribution in [1.82, 2.24) is 19.7 Å². The van der Waals surface area contributed by atoms with E-state index in [-0.39, 0.29) is 6.54 Å². The minimum absolute atomic E-state index is 0.208. The normalized spacial score (nSPS) is 16.6. The zero-order valence-electron chi connectivity index (χ0n) is 16.0. The molecule has 29 heavy (non-hydrogen) atoms. The Balaban J connectivity index is 1.76. The molecule has 0 aliphatic carbocycles. The molecule has 0 amide bonds. The monoisotopic (exact) mass is 424 g/mol. The fraction of sp³-hybridized carbons (Fsp3) is 0.474. The van der Waals surface area contributed by atoms with Crippen molar-refractivity contribution in [2.45, 2.75) is 38.1 Å². The van der Waals surface area contributed by atoms with Gasteiger partial charge in [-0.05, 0) is 51.2 Å². The van der Waals surface area contributed by atoms with Gasteiger partial charge in [-0.3, -0.25) is 0 Å². The minimum Gasteiger partial charge on any atom is -0.382 e. The van der Waals surface area contributed by atoms with Crippen LogP contribution >= 0.6 is 11.3 Å². The number of halogens is 3. The number of hydrogen-bond donors (Lipinski definition) is 2. The van der Waals surface area contributed by atoms with Crippen LogP contribution in [0, 0.1) is 0 Å². The van der Waals surface area contributed by atoms with Crippen LogP contribution in [-0.2, 0) is 13.1 Å². The number of nitrogens with two attached hydrogens (primary N) is 1. The summed E-state index contributed by atoms with van der Waals surface area (Å²) in [7, 11) is 2.10. The predicted octanol–water partition coefficient (Wildman–Crippen LogP) is 3.69. The zero-order valence-corrected chi connectivity index (χ0v) is 16.9. The van der Waals surface area contributed by atoms with E-state index in [9.17, 15) is 13.2 Å². The molecule has 1 fully saturated rings. The number of hydrogen-bond acceptors (Lipinski definition) is 6. The van der Waals surface area contributed by atoms with Gasteiger partial charge in [0.2, 0.25) is 0 Å². The van der Waals surface area contributed by atoms with Gasteiger partial charge in [-0.2, -0.15) is 13.2 Å². The largest absolute Gasteiger partial charge is 0.406 e. The summed E-state index contributed by atoms with van der Waals surface area (Å²) in [5.41, 5.74) is 7.39. The highest BCUT2D eigenvalue weighted by Crippen LogP contribution is 2.36. The Labute approximate surface area is 170 Å². The van der Waals surface area contributed by atoms with Crippen molar-refractivity contribution >= 4 is 27.9 Å². The Morgan fingerprint density at radius 1 is 1.24 bits per heavy atom. The van der Waals surface area contributed by atoms with Gasteiger partial charge in [-0.15, -0.1) is 10.2 Å². The van der Waals surface area contributed by atoms with Gasteiger partial charge in [0, 0.05) is 23.7 Å². The molecule has 1 aromatic carbocycles. The second-order valence-corrected chi connectivity index (χ2v) is 8.46. The lowest BCUT2D eigenvalue weighted by Crippen LogP contribution is -2.36. The first-order valence-corrected chi connectivity index (χ1v) is 10.3.